The predicted molar refractivity (Wildman–Crippen MR) is 77.3 cm³/mol. The molecule has 3 rings (SSSR count). The van der Waals surface area contributed by atoms with Crippen LogP contribution in [-0.2, 0) is 0 Å². The van der Waals surface area contributed by atoms with E-state index in [0.29, 0.717) is 6.04 Å². The van der Waals surface area contributed by atoms with E-state index in [1.165, 1.54) is 49.5 Å². The molecule has 3 nitrogen and oxygen atoms in total. The van der Waals surface area contributed by atoms with Crippen LogP contribution in [0.3, 0.4) is 0 Å². The Labute approximate surface area is 112 Å². The highest BCUT2D eigenvalue weighted by atomic mass is 32.1. The van der Waals surface area contributed by atoms with Gasteiger partial charge in [0.1, 0.15) is 17.0 Å². The Kier molecular flexibility index (Phi) is 3.46. The van der Waals surface area contributed by atoms with Crippen LogP contribution in [0.5, 0.6) is 0 Å². The zero-order valence-electron chi connectivity index (χ0n) is 10.8. The molecule has 2 aromatic heterocycles. The summed E-state index contributed by atoms with van der Waals surface area (Å²) < 4.78 is 0. The van der Waals surface area contributed by atoms with Crippen molar-refractivity contribution in [2.45, 2.75) is 51.5 Å². The highest BCUT2D eigenvalue weighted by Crippen LogP contribution is 2.30. The highest BCUT2D eigenvalue weighted by molar-refractivity contribution is 7.17. The Balaban J connectivity index is 1.87. The zero-order valence-corrected chi connectivity index (χ0v) is 11.6. The summed E-state index contributed by atoms with van der Waals surface area (Å²) in [6.07, 6.45) is 9.67. The normalized spacial score (nSPS) is 17.8. The minimum atomic E-state index is 0.588. The van der Waals surface area contributed by atoms with Gasteiger partial charge in [0.05, 0.1) is 5.39 Å². The summed E-state index contributed by atoms with van der Waals surface area (Å²) in [5.41, 5.74) is 1.28. The number of nitrogens with one attached hydrogen (secondary N) is 1. The first kappa shape index (κ1) is 11.9. The second-order valence-corrected chi connectivity index (χ2v) is 6.01. The Morgan fingerprint density at radius 3 is 2.72 bits per heavy atom. The third-order valence-electron chi connectivity index (χ3n) is 3.75. The van der Waals surface area contributed by atoms with Gasteiger partial charge in [-0.1, -0.05) is 25.7 Å². The molecule has 0 aliphatic heterocycles. The van der Waals surface area contributed by atoms with E-state index in [1.54, 1.807) is 17.7 Å². The van der Waals surface area contributed by atoms with Gasteiger partial charge in [-0.15, -0.1) is 11.3 Å². The maximum Gasteiger partial charge on any atom is 0.138 e. The highest BCUT2D eigenvalue weighted by Gasteiger charge is 2.15. The van der Waals surface area contributed by atoms with Crippen LogP contribution in [0.1, 0.15) is 44.1 Å². The van der Waals surface area contributed by atoms with E-state index < -0.39 is 0 Å². The van der Waals surface area contributed by atoms with Crippen LogP contribution in [0.15, 0.2) is 11.7 Å². The quantitative estimate of drug-likeness (QED) is 0.826. The SMILES string of the molecule is Cc1csc2ncnc(NC3CCCCCC3)c12. The summed E-state index contributed by atoms with van der Waals surface area (Å²) in [4.78, 5) is 9.89. The van der Waals surface area contributed by atoms with Crippen molar-refractivity contribution in [2.24, 2.45) is 0 Å². The first-order valence-electron chi connectivity index (χ1n) is 6.80. The minimum Gasteiger partial charge on any atom is -0.367 e. The monoisotopic (exact) mass is 261 g/mol. The number of hydrogen-bond acceptors (Lipinski definition) is 4. The molecule has 4 heteroatoms. The van der Waals surface area contributed by atoms with Crippen molar-refractivity contribution >= 4 is 27.4 Å². The van der Waals surface area contributed by atoms with Crippen LogP contribution in [0.4, 0.5) is 5.82 Å². The second-order valence-electron chi connectivity index (χ2n) is 5.15. The summed E-state index contributed by atoms with van der Waals surface area (Å²) in [5.74, 6) is 1.03. The number of hydrogen-bond donors (Lipinski definition) is 1. The fourth-order valence-corrected chi connectivity index (χ4v) is 3.63. The van der Waals surface area contributed by atoms with Crippen molar-refractivity contribution in [3.8, 4) is 0 Å². The number of anilines is 1. The van der Waals surface area contributed by atoms with E-state index >= 15 is 0 Å². The van der Waals surface area contributed by atoms with Crippen molar-refractivity contribution in [2.75, 3.05) is 5.32 Å². The number of nitrogens with zero attached hydrogens (tertiary/aromatic N) is 2. The molecule has 1 aliphatic carbocycles. The molecule has 2 heterocycles. The van der Waals surface area contributed by atoms with Crippen molar-refractivity contribution in [3.05, 3.63) is 17.3 Å². The van der Waals surface area contributed by atoms with Gasteiger partial charge in [-0.05, 0) is 30.7 Å². The lowest BCUT2D eigenvalue weighted by Gasteiger charge is -2.17. The average Bonchev–Trinajstić information content (AvgIpc) is 2.61. The summed E-state index contributed by atoms with van der Waals surface area (Å²) in [6.45, 7) is 2.14. The van der Waals surface area contributed by atoms with Gasteiger partial charge in [-0.3, -0.25) is 0 Å². The maximum absolute atomic E-state index is 4.45. The van der Waals surface area contributed by atoms with Crippen molar-refractivity contribution < 1.29 is 0 Å². The molecule has 18 heavy (non-hydrogen) atoms. The lowest BCUT2D eigenvalue weighted by molar-refractivity contribution is 0.618. The lowest BCUT2D eigenvalue weighted by Crippen LogP contribution is -2.19. The summed E-state index contributed by atoms with van der Waals surface area (Å²) in [7, 11) is 0. The zero-order chi connectivity index (χ0) is 12.4. The molecule has 0 spiro atoms. The number of aryl methyl sites for hydroxylation is 1. The third kappa shape index (κ3) is 2.34. The molecular formula is C14H19N3S. The number of fused-ring (bicyclic) bond motifs is 1. The smallest absolute Gasteiger partial charge is 0.138 e. The topological polar surface area (TPSA) is 37.8 Å². The van der Waals surface area contributed by atoms with Gasteiger partial charge in [-0.2, -0.15) is 0 Å². The molecule has 1 saturated carbocycles. The number of aromatic nitrogens is 2. The molecule has 1 aliphatic rings. The first-order valence-corrected chi connectivity index (χ1v) is 7.68. The first-order chi connectivity index (χ1) is 8.84. The van der Waals surface area contributed by atoms with E-state index in [0.717, 1.165) is 10.6 Å². The Bertz CT molecular complexity index is 527. The summed E-state index contributed by atoms with van der Waals surface area (Å²) in [6, 6.07) is 0.588. The molecule has 0 bridgehead atoms. The van der Waals surface area contributed by atoms with E-state index in [2.05, 4.69) is 27.6 Å². The molecule has 96 valence electrons. The van der Waals surface area contributed by atoms with Gasteiger partial charge in [0.2, 0.25) is 0 Å². The molecule has 0 unspecified atom stereocenters. The maximum atomic E-state index is 4.45. The van der Waals surface area contributed by atoms with Crippen LogP contribution < -0.4 is 5.32 Å². The van der Waals surface area contributed by atoms with E-state index in [1.807, 2.05) is 0 Å². The van der Waals surface area contributed by atoms with E-state index in [9.17, 15) is 0 Å². The van der Waals surface area contributed by atoms with Crippen molar-refractivity contribution in [3.63, 3.8) is 0 Å². The summed E-state index contributed by atoms with van der Waals surface area (Å²) >= 11 is 1.70. The largest absolute Gasteiger partial charge is 0.367 e. The molecular weight excluding hydrogens is 242 g/mol. The molecule has 0 aromatic carbocycles. The van der Waals surface area contributed by atoms with Crippen molar-refractivity contribution in [1.82, 2.24) is 9.97 Å². The third-order valence-corrected chi connectivity index (χ3v) is 4.75. The van der Waals surface area contributed by atoms with E-state index in [4.69, 9.17) is 0 Å². The van der Waals surface area contributed by atoms with Gasteiger partial charge < -0.3 is 5.32 Å². The molecule has 0 atom stereocenters. The molecule has 0 radical (unpaired) electrons. The van der Waals surface area contributed by atoms with Crippen LogP contribution >= 0.6 is 11.3 Å². The van der Waals surface area contributed by atoms with Crippen LogP contribution in [0.2, 0.25) is 0 Å². The van der Waals surface area contributed by atoms with Gasteiger partial charge in [-0.25, -0.2) is 9.97 Å². The standard InChI is InChI=1S/C14H19N3S/c1-10-8-18-14-12(10)13(15-9-16-14)17-11-6-4-2-3-5-7-11/h8-9,11H,2-7H2,1H3,(H,15,16,17). The Morgan fingerprint density at radius 2 is 1.94 bits per heavy atom. The van der Waals surface area contributed by atoms with Gasteiger partial charge >= 0.3 is 0 Å². The fraction of sp³-hybridized carbons (Fsp3) is 0.571. The Hall–Kier alpha value is -1.16. The van der Waals surface area contributed by atoms with Crippen LogP contribution in [0, 0.1) is 6.92 Å². The number of thiophene rings is 1. The lowest BCUT2D eigenvalue weighted by atomic mass is 10.1. The van der Waals surface area contributed by atoms with Crippen LogP contribution in [-0.4, -0.2) is 16.0 Å². The van der Waals surface area contributed by atoms with Gasteiger partial charge in [0.15, 0.2) is 0 Å². The van der Waals surface area contributed by atoms with Gasteiger partial charge in [0.25, 0.3) is 0 Å². The summed E-state index contributed by atoms with van der Waals surface area (Å²) in [5, 5.41) is 7.03. The minimum absolute atomic E-state index is 0.588. The molecule has 1 fully saturated rings. The molecule has 2 aromatic rings. The van der Waals surface area contributed by atoms with Crippen molar-refractivity contribution in [1.29, 1.82) is 0 Å². The van der Waals surface area contributed by atoms with E-state index in [-0.39, 0.29) is 0 Å². The van der Waals surface area contributed by atoms with Crippen LogP contribution in [0.25, 0.3) is 10.2 Å². The average molecular weight is 261 g/mol. The second kappa shape index (κ2) is 5.22. The molecule has 0 saturated heterocycles. The van der Waals surface area contributed by atoms with Gasteiger partial charge in [0, 0.05) is 6.04 Å². The number of rotatable bonds is 2. The fourth-order valence-electron chi connectivity index (χ4n) is 2.74. The molecule has 0 amide bonds. The molecule has 1 N–H and O–H groups in total. The predicted octanol–water partition coefficient (Wildman–Crippen LogP) is 4.13. The Morgan fingerprint density at radius 1 is 1.17 bits per heavy atom.